The molecule has 172 valence electrons. The van der Waals surface area contributed by atoms with E-state index in [2.05, 4.69) is 4.98 Å². The Balaban J connectivity index is 2.45. The third kappa shape index (κ3) is 5.98. The number of nitriles is 1. The van der Waals surface area contributed by atoms with Crippen molar-refractivity contribution in [3.05, 3.63) is 50.7 Å². The number of nitrogens with two attached hydrogens (primary N) is 1. The Morgan fingerprint density at radius 1 is 1.31 bits per heavy atom. The summed E-state index contributed by atoms with van der Waals surface area (Å²) < 4.78 is 12.1. The van der Waals surface area contributed by atoms with Gasteiger partial charge in [-0.2, -0.15) is 5.26 Å². The molecule has 1 heterocycles. The van der Waals surface area contributed by atoms with Crippen molar-refractivity contribution in [2.75, 3.05) is 30.9 Å². The topological polar surface area (TPSA) is 143 Å². The van der Waals surface area contributed by atoms with Crippen molar-refractivity contribution < 1.29 is 14.3 Å². The fraction of sp³-hybridized carbons (Fsp3) is 0.455. The Kier molecular flexibility index (Phi) is 8.61. The number of anilines is 2. The van der Waals surface area contributed by atoms with Crippen molar-refractivity contribution in [2.24, 2.45) is 5.92 Å². The number of carbonyl (C=O) groups excluding carboxylic acids is 1. The maximum Gasteiger partial charge on any atom is 0.330 e. The third-order valence-electron chi connectivity index (χ3n) is 4.65. The van der Waals surface area contributed by atoms with Crippen LogP contribution in [0.5, 0.6) is 5.75 Å². The average molecular weight is 444 g/mol. The van der Waals surface area contributed by atoms with E-state index in [0.29, 0.717) is 24.3 Å². The molecule has 10 nitrogen and oxygen atoms in total. The van der Waals surface area contributed by atoms with Gasteiger partial charge in [-0.25, -0.2) is 4.79 Å². The largest absolute Gasteiger partial charge is 0.481 e. The minimum absolute atomic E-state index is 0.0843. The number of H-pyrrole nitrogens is 1. The first-order valence-electron chi connectivity index (χ1n) is 10.3. The molecule has 0 fully saturated rings. The first-order chi connectivity index (χ1) is 15.2. The van der Waals surface area contributed by atoms with Gasteiger partial charge in [-0.15, -0.1) is 0 Å². The Hall–Kier alpha value is -3.58. The molecule has 0 saturated heterocycles. The minimum atomic E-state index is -0.990. The Bertz CT molecular complexity index is 1100. The molecular weight excluding hydrogens is 414 g/mol. The summed E-state index contributed by atoms with van der Waals surface area (Å²) >= 11 is 0. The fourth-order valence-corrected chi connectivity index (χ4v) is 3.20. The summed E-state index contributed by atoms with van der Waals surface area (Å²) in [6.07, 6.45) is -0.558. The maximum absolute atomic E-state index is 13.3. The lowest BCUT2D eigenvalue weighted by molar-refractivity contribution is -0.124. The Labute approximate surface area is 186 Å². The molecule has 0 bridgehead atoms. The van der Waals surface area contributed by atoms with Crippen molar-refractivity contribution >= 4 is 17.4 Å². The second-order valence-electron chi connectivity index (χ2n) is 7.73. The zero-order valence-corrected chi connectivity index (χ0v) is 18.8. The first-order valence-corrected chi connectivity index (χ1v) is 10.3. The van der Waals surface area contributed by atoms with Crippen LogP contribution in [0.3, 0.4) is 0 Å². The molecule has 1 atom stereocenters. The van der Waals surface area contributed by atoms with Crippen LogP contribution in [0, 0.1) is 17.2 Å². The molecule has 3 N–H and O–H groups in total. The van der Waals surface area contributed by atoms with Crippen molar-refractivity contribution in [3.8, 4) is 11.8 Å². The highest BCUT2D eigenvalue weighted by atomic mass is 16.5. The summed E-state index contributed by atoms with van der Waals surface area (Å²) in [7, 11) is 1.53. The van der Waals surface area contributed by atoms with Crippen LogP contribution < -0.4 is 26.6 Å². The molecule has 2 rings (SSSR count). The maximum atomic E-state index is 13.3. The lowest BCUT2D eigenvalue weighted by atomic mass is 10.2. The molecule has 1 aromatic heterocycles. The molecule has 0 aliphatic rings. The van der Waals surface area contributed by atoms with Crippen LogP contribution in [0.25, 0.3) is 0 Å². The third-order valence-corrected chi connectivity index (χ3v) is 4.65. The molecule has 10 heteroatoms. The van der Waals surface area contributed by atoms with Gasteiger partial charge in [0.2, 0.25) is 0 Å². The van der Waals surface area contributed by atoms with E-state index in [1.807, 2.05) is 19.9 Å². The predicted octanol–water partition coefficient (Wildman–Crippen LogP) is 1.48. The van der Waals surface area contributed by atoms with Crippen LogP contribution >= 0.6 is 0 Å². The van der Waals surface area contributed by atoms with Crippen LogP contribution in [-0.4, -0.2) is 41.8 Å². The van der Waals surface area contributed by atoms with E-state index in [1.165, 1.54) is 22.6 Å². The van der Waals surface area contributed by atoms with Gasteiger partial charge < -0.3 is 20.1 Å². The predicted molar refractivity (Wildman–Crippen MR) is 121 cm³/mol. The van der Waals surface area contributed by atoms with E-state index in [1.54, 1.807) is 25.1 Å². The number of aromatic nitrogens is 2. The second kappa shape index (κ2) is 11.2. The monoisotopic (exact) mass is 443 g/mol. The smallest absolute Gasteiger partial charge is 0.330 e. The van der Waals surface area contributed by atoms with Crippen molar-refractivity contribution in [2.45, 2.75) is 39.8 Å². The molecule has 0 aliphatic heterocycles. The van der Waals surface area contributed by atoms with Gasteiger partial charge in [-0.1, -0.05) is 19.9 Å². The highest BCUT2D eigenvalue weighted by Gasteiger charge is 2.28. The summed E-state index contributed by atoms with van der Waals surface area (Å²) in [4.78, 5) is 41.8. The average Bonchev–Trinajstić information content (AvgIpc) is 2.75. The van der Waals surface area contributed by atoms with Crippen LogP contribution in [0.2, 0.25) is 0 Å². The highest BCUT2D eigenvalue weighted by molar-refractivity contribution is 5.98. The number of hydrogen-bond donors (Lipinski definition) is 2. The van der Waals surface area contributed by atoms with E-state index in [9.17, 15) is 14.4 Å². The zero-order chi connectivity index (χ0) is 23.8. The zero-order valence-electron chi connectivity index (χ0n) is 18.8. The number of carbonyl (C=O) groups is 1. The van der Waals surface area contributed by atoms with Crippen molar-refractivity contribution in [1.82, 2.24) is 9.55 Å². The first kappa shape index (κ1) is 24.7. The minimum Gasteiger partial charge on any atom is -0.481 e. The number of hydrogen-bond acceptors (Lipinski definition) is 7. The van der Waals surface area contributed by atoms with E-state index in [0.717, 1.165) is 0 Å². The van der Waals surface area contributed by atoms with E-state index in [-0.39, 0.29) is 30.5 Å². The number of methoxy groups -OCH3 is 1. The standard InChI is InChI=1S/C22H29N5O5/c1-14(2)13-27-19(24)18(20(28)25-22(27)30)26(9-6-10-31-4)21(29)15(3)32-17-8-5-7-16(11-17)12-23/h5,7-8,11,14-15H,6,9-10,13,24H2,1-4H3,(H,25,28,30). The fourth-order valence-electron chi connectivity index (χ4n) is 3.20. The van der Waals surface area contributed by atoms with Crippen LogP contribution in [0.1, 0.15) is 32.8 Å². The van der Waals surface area contributed by atoms with Gasteiger partial charge in [0.15, 0.2) is 11.8 Å². The number of rotatable bonds is 10. The summed E-state index contributed by atoms with van der Waals surface area (Å²) in [5.41, 5.74) is 5.11. The number of benzene rings is 1. The number of ether oxygens (including phenoxy) is 2. The second-order valence-corrected chi connectivity index (χ2v) is 7.73. The van der Waals surface area contributed by atoms with Gasteiger partial charge in [0.05, 0.1) is 11.6 Å². The lowest BCUT2D eigenvalue weighted by Gasteiger charge is -2.27. The van der Waals surface area contributed by atoms with Crippen LogP contribution in [0.15, 0.2) is 33.9 Å². The molecule has 1 unspecified atom stereocenters. The van der Waals surface area contributed by atoms with E-state index >= 15 is 0 Å². The highest BCUT2D eigenvalue weighted by Crippen LogP contribution is 2.21. The van der Waals surface area contributed by atoms with Gasteiger partial charge in [0.25, 0.3) is 11.5 Å². The summed E-state index contributed by atoms with van der Waals surface area (Å²) in [6, 6.07) is 8.42. The number of amides is 1. The summed E-state index contributed by atoms with van der Waals surface area (Å²) in [5.74, 6) is -0.179. The van der Waals surface area contributed by atoms with E-state index in [4.69, 9.17) is 20.5 Å². The van der Waals surface area contributed by atoms with Crippen molar-refractivity contribution in [1.29, 1.82) is 5.26 Å². The van der Waals surface area contributed by atoms with Gasteiger partial charge in [0.1, 0.15) is 11.6 Å². The van der Waals surface area contributed by atoms with Crippen molar-refractivity contribution in [3.63, 3.8) is 0 Å². The van der Waals surface area contributed by atoms with Gasteiger partial charge in [-0.3, -0.25) is 19.1 Å². The molecule has 1 aromatic carbocycles. The summed E-state index contributed by atoms with van der Waals surface area (Å²) in [5, 5.41) is 9.06. The number of aromatic amines is 1. The molecule has 1 amide bonds. The lowest BCUT2D eigenvalue weighted by Crippen LogP contribution is -2.46. The molecule has 2 aromatic rings. The van der Waals surface area contributed by atoms with Crippen LogP contribution in [0.4, 0.5) is 11.5 Å². The quantitative estimate of drug-likeness (QED) is 0.529. The van der Waals surface area contributed by atoms with Gasteiger partial charge in [0, 0.05) is 26.8 Å². The SMILES string of the molecule is COCCCN(C(=O)C(C)Oc1cccc(C#N)c1)c1c(N)n(CC(C)C)c(=O)[nH]c1=O. The van der Waals surface area contributed by atoms with Gasteiger partial charge >= 0.3 is 5.69 Å². The number of nitrogen functional groups attached to an aromatic ring is 1. The van der Waals surface area contributed by atoms with E-state index < -0.39 is 23.3 Å². The Morgan fingerprint density at radius 2 is 2.03 bits per heavy atom. The van der Waals surface area contributed by atoms with Gasteiger partial charge in [-0.05, 0) is 37.5 Å². The molecular formula is C22H29N5O5. The molecule has 0 saturated carbocycles. The molecule has 32 heavy (non-hydrogen) atoms. The summed E-state index contributed by atoms with van der Waals surface area (Å²) in [6.45, 7) is 6.12. The van der Waals surface area contributed by atoms with Crippen LogP contribution in [-0.2, 0) is 16.1 Å². The Morgan fingerprint density at radius 3 is 2.66 bits per heavy atom. The molecule has 0 radical (unpaired) electrons. The number of nitrogens with zero attached hydrogens (tertiary/aromatic N) is 3. The molecule has 0 spiro atoms. The number of nitrogens with one attached hydrogen (secondary N) is 1. The normalized spacial score (nSPS) is 11.8. The molecule has 0 aliphatic carbocycles.